The molecule has 64 heavy (non-hydrogen) atoms. The summed E-state index contributed by atoms with van der Waals surface area (Å²) in [6.45, 7) is 0. The SMILES string of the molecule is C1=CC2C(c3ccccc31)c1c(ccc3c(N(c4cc5ccc6cccc7ccc(c4)c5c67)c4ccc5ccc6c7c(ccc4c57)CCC=6)cccc13)N2c1cccc2cccnc12. The summed E-state index contributed by atoms with van der Waals surface area (Å²) >= 11 is 0. The average Bonchev–Trinajstić information content (AvgIpc) is 3.70. The summed E-state index contributed by atoms with van der Waals surface area (Å²) in [6, 6.07) is 66.7. The molecule has 0 fully saturated rings. The Balaban J connectivity index is 1.03. The van der Waals surface area contributed by atoms with Crippen molar-refractivity contribution < 1.29 is 0 Å². The van der Waals surface area contributed by atoms with Crippen molar-refractivity contribution in [1.82, 2.24) is 4.98 Å². The van der Waals surface area contributed by atoms with Crippen LogP contribution in [0, 0.1) is 0 Å². The first-order chi connectivity index (χ1) is 31.7. The van der Waals surface area contributed by atoms with Crippen LogP contribution in [0.15, 0.2) is 188 Å². The van der Waals surface area contributed by atoms with Crippen LogP contribution in [0.5, 0.6) is 0 Å². The fraction of sp³-hybridized carbons (Fsp3) is 0.0656. The third-order valence-electron chi connectivity index (χ3n) is 14.9. The smallest absolute Gasteiger partial charge is 0.0938 e. The van der Waals surface area contributed by atoms with E-state index < -0.39 is 0 Å². The molecular weight excluding hydrogens is 775 g/mol. The lowest BCUT2D eigenvalue weighted by Crippen LogP contribution is -2.30. The third kappa shape index (κ3) is 4.63. The van der Waals surface area contributed by atoms with Gasteiger partial charge in [-0.2, -0.15) is 0 Å². The topological polar surface area (TPSA) is 19.4 Å². The van der Waals surface area contributed by atoms with E-state index in [1.54, 1.807) is 0 Å². The van der Waals surface area contributed by atoms with Crippen molar-refractivity contribution in [2.75, 3.05) is 9.80 Å². The predicted octanol–water partition coefficient (Wildman–Crippen LogP) is 15.2. The van der Waals surface area contributed by atoms with Gasteiger partial charge < -0.3 is 9.80 Å². The van der Waals surface area contributed by atoms with Crippen molar-refractivity contribution in [3.05, 3.63) is 216 Å². The van der Waals surface area contributed by atoms with Crippen LogP contribution in [-0.2, 0) is 6.42 Å². The molecule has 3 heteroatoms. The maximum absolute atomic E-state index is 4.99. The Morgan fingerprint density at radius 2 is 1.23 bits per heavy atom. The van der Waals surface area contributed by atoms with Crippen LogP contribution in [0.25, 0.3) is 87.7 Å². The molecule has 0 bridgehead atoms. The molecule has 0 radical (unpaired) electrons. The Bertz CT molecular complexity index is 4000. The minimum Gasteiger partial charge on any atom is -0.331 e. The van der Waals surface area contributed by atoms with Crippen LogP contribution < -0.4 is 15.0 Å². The highest BCUT2D eigenvalue weighted by molar-refractivity contribution is 6.25. The number of hydrogen-bond donors (Lipinski definition) is 0. The fourth-order valence-corrected chi connectivity index (χ4v) is 12.3. The van der Waals surface area contributed by atoms with Gasteiger partial charge in [-0.15, -0.1) is 0 Å². The molecule has 2 aliphatic carbocycles. The molecule has 0 amide bonds. The summed E-state index contributed by atoms with van der Waals surface area (Å²) in [5.74, 6) is 0.127. The van der Waals surface area contributed by atoms with Crippen LogP contribution >= 0.6 is 0 Å². The highest BCUT2D eigenvalue weighted by atomic mass is 15.2. The summed E-state index contributed by atoms with van der Waals surface area (Å²) in [5.41, 5.74) is 12.4. The van der Waals surface area contributed by atoms with Gasteiger partial charge in [0.15, 0.2) is 0 Å². The third-order valence-corrected chi connectivity index (χ3v) is 14.9. The number of pyridine rings is 1. The van der Waals surface area contributed by atoms with Gasteiger partial charge in [0.2, 0.25) is 0 Å². The second-order valence-corrected chi connectivity index (χ2v) is 18.1. The van der Waals surface area contributed by atoms with E-state index in [0.717, 1.165) is 35.1 Å². The van der Waals surface area contributed by atoms with Gasteiger partial charge in [0.25, 0.3) is 0 Å². The van der Waals surface area contributed by atoms with Crippen molar-refractivity contribution in [2.24, 2.45) is 0 Å². The molecule has 0 N–H and O–H groups in total. The predicted molar refractivity (Wildman–Crippen MR) is 270 cm³/mol. The van der Waals surface area contributed by atoms with E-state index in [-0.39, 0.29) is 12.0 Å². The highest BCUT2D eigenvalue weighted by Gasteiger charge is 2.43. The molecule has 15 rings (SSSR count). The maximum Gasteiger partial charge on any atom is 0.0938 e. The number of aryl methyl sites for hydroxylation is 1. The van der Waals surface area contributed by atoms with Crippen molar-refractivity contribution in [3.63, 3.8) is 0 Å². The molecule has 2 atom stereocenters. The number of benzene rings is 11. The summed E-state index contributed by atoms with van der Waals surface area (Å²) in [6.07, 6.45) is 11.3. The first-order valence-corrected chi connectivity index (χ1v) is 22.7. The summed E-state index contributed by atoms with van der Waals surface area (Å²) < 4.78 is 0. The van der Waals surface area contributed by atoms with E-state index in [1.807, 2.05) is 12.3 Å². The largest absolute Gasteiger partial charge is 0.331 e. The maximum atomic E-state index is 4.99. The van der Waals surface area contributed by atoms with E-state index in [2.05, 4.69) is 198 Å². The fourth-order valence-electron chi connectivity index (χ4n) is 12.3. The highest BCUT2D eigenvalue weighted by Crippen LogP contribution is 2.56. The van der Waals surface area contributed by atoms with Gasteiger partial charge in [-0.05, 0) is 137 Å². The molecule has 0 saturated heterocycles. The lowest BCUT2D eigenvalue weighted by Gasteiger charge is -2.32. The van der Waals surface area contributed by atoms with E-state index >= 15 is 0 Å². The summed E-state index contributed by atoms with van der Waals surface area (Å²) in [5, 5.41) is 18.1. The zero-order valence-corrected chi connectivity index (χ0v) is 35.0. The zero-order valence-electron chi connectivity index (χ0n) is 35.0. The van der Waals surface area contributed by atoms with Crippen LogP contribution in [-0.4, -0.2) is 11.0 Å². The molecule has 11 aromatic carbocycles. The Morgan fingerprint density at radius 3 is 2.14 bits per heavy atom. The molecule has 2 unspecified atom stereocenters. The first-order valence-electron chi connectivity index (χ1n) is 22.7. The number of para-hydroxylation sites is 1. The van der Waals surface area contributed by atoms with Gasteiger partial charge in [-0.3, -0.25) is 4.98 Å². The first kappa shape index (κ1) is 34.6. The minimum atomic E-state index is 0.0893. The molecule has 0 spiro atoms. The molecule has 12 aromatic rings. The Labute approximate surface area is 369 Å². The number of nitrogens with zero attached hydrogens (tertiary/aromatic N) is 3. The second kappa shape index (κ2) is 12.8. The Morgan fingerprint density at radius 1 is 0.516 bits per heavy atom. The lowest BCUT2D eigenvalue weighted by atomic mass is 9.79. The van der Waals surface area contributed by atoms with Crippen molar-refractivity contribution in [3.8, 4) is 0 Å². The van der Waals surface area contributed by atoms with Crippen LogP contribution in [0.1, 0.15) is 34.6 Å². The van der Waals surface area contributed by atoms with Gasteiger partial charge in [-0.1, -0.05) is 152 Å². The molecule has 1 aromatic heterocycles. The Kier molecular flexibility index (Phi) is 6.90. The van der Waals surface area contributed by atoms with Crippen LogP contribution in [0.3, 0.4) is 0 Å². The lowest BCUT2D eigenvalue weighted by molar-refractivity contribution is 0.728. The monoisotopic (exact) mass is 813 g/mol. The standard InChI is InChI=1S/C61H39N3/c1-2-15-46-36(8-1)26-31-52-59(46)60-48-16-6-17-50(47(48)29-32-53(60)64(52)54-18-5-13-42-14-7-33-62-61(42)54)63(45-34-43-23-21-37-9-3-10-38-22-24-44(35-45)57(43)55(37)38)51-30-27-41-20-19-39-11-4-12-40-25-28-49(51)58(41)56(39)40/h1-3,5-11,13-35,52,59H,4,12H2. The molecule has 3 nitrogen and oxygen atoms in total. The van der Waals surface area contributed by atoms with Crippen LogP contribution in [0.4, 0.5) is 28.4 Å². The van der Waals surface area contributed by atoms with E-state index in [4.69, 9.17) is 4.98 Å². The molecule has 1 aliphatic heterocycles. The van der Waals surface area contributed by atoms with Gasteiger partial charge in [0, 0.05) is 39.6 Å². The molecule has 3 aliphatic rings. The minimum absolute atomic E-state index is 0.0893. The summed E-state index contributed by atoms with van der Waals surface area (Å²) in [4.78, 5) is 10.1. The van der Waals surface area contributed by atoms with Crippen molar-refractivity contribution in [2.45, 2.75) is 24.8 Å². The second-order valence-electron chi connectivity index (χ2n) is 18.1. The molecule has 0 saturated carbocycles. The quantitative estimate of drug-likeness (QED) is 0.165. The normalized spacial score (nSPS) is 16.3. The summed E-state index contributed by atoms with van der Waals surface area (Å²) in [7, 11) is 0. The number of anilines is 5. The molecule has 298 valence electrons. The van der Waals surface area contributed by atoms with E-state index in [1.165, 1.54) is 109 Å². The van der Waals surface area contributed by atoms with E-state index in [0.29, 0.717) is 0 Å². The Hall–Kier alpha value is -8.01. The van der Waals surface area contributed by atoms with Gasteiger partial charge in [0.1, 0.15) is 0 Å². The zero-order chi connectivity index (χ0) is 41.6. The molecular formula is C61H39N3. The number of hydrogen-bond acceptors (Lipinski definition) is 3. The number of aromatic nitrogens is 1. The number of fused-ring (bicyclic) bond motifs is 8. The van der Waals surface area contributed by atoms with Crippen LogP contribution in [0.2, 0.25) is 0 Å². The van der Waals surface area contributed by atoms with Gasteiger partial charge in [0.05, 0.1) is 28.6 Å². The average molecular weight is 814 g/mol. The number of rotatable bonds is 4. The van der Waals surface area contributed by atoms with E-state index in [9.17, 15) is 0 Å². The van der Waals surface area contributed by atoms with Gasteiger partial charge >= 0.3 is 0 Å². The van der Waals surface area contributed by atoms with Crippen molar-refractivity contribution >= 4 is 116 Å². The van der Waals surface area contributed by atoms with Crippen molar-refractivity contribution in [1.29, 1.82) is 0 Å². The molecule has 2 heterocycles. The van der Waals surface area contributed by atoms with Gasteiger partial charge in [-0.25, -0.2) is 0 Å².